The molecule has 0 aliphatic rings. The Morgan fingerprint density at radius 2 is 1.76 bits per heavy atom. The standard InChI is InChI=1S/C16H12ClN7O/c17-10-6-8-11(9-7-10)19-16-20-14-13(15(25)23(16)18)21-22-24(14)12-4-2-1-3-5-12/h1-9H,18H2,(H,19,20). The summed E-state index contributed by atoms with van der Waals surface area (Å²) in [5, 5.41) is 11.5. The Morgan fingerprint density at radius 3 is 2.48 bits per heavy atom. The van der Waals surface area contributed by atoms with E-state index >= 15 is 0 Å². The van der Waals surface area contributed by atoms with Crippen LogP contribution < -0.4 is 16.7 Å². The molecule has 4 rings (SSSR count). The van der Waals surface area contributed by atoms with Crippen LogP contribution >= 0.6 is 11.6 Å². The summed E-state index contributed by atoms with van der Waals surface area (Å²) in [5.41, 5.74) is 1.34. The number of halogens is 1. The molecule has 124 valence electrons. The summed E-state index contributed by atoms with van der Waals surface area (Å²) < 4.78 is 2.39. The quantitative estimate of drug-likeness (QED) is 0.546. The van der Waals surface area contributed by atoms with Crippen molar-refractivity contribution in [2.24, 2.45) is 0 Å². The van der Waals surface area contributed by atoms with Crippen molar-refractivity contribution >= 4 is 34.4 Å². The third-order valence-electron chi connectivity index (χ3n) is 3.61. The van der Waals surface area contributed by atoms with Crippen LogP contribution in [-0.2, 0) is 0 Å². The molecule has 0 atom stereocenters. The van der Waals surface area contributed by atoms with E-state index in [0.29, 0.717) is 16.4 Å². The number of para-hydroxylation sites is 1. The van der Waals surface area contributed by atoms with E-state index in [-0.39, 0.29) is 11.5 Å². The van der Waals surface area contributed by atoms with Gasteiger partial charge in [-0.15, -0.1) is 5.10 Å². The third-order valence-corrected chi connectivity index (χ3v) is 3.86. The molecule has 3 N–H and O–H groups in total. The van der Waals surface area contributed by atoms with Crippen molar-refractivity contribution in [1.82, 2.24) is 24.7 Å². The van der Waals surface area contributed by atoms with Crippen LogP contribution in [0.4, 0.5) is 11.6 Å². The zero-order chi connectivity index (χ0) is 17.4. The SMILES string of the molecule is Nn1c(Nc2ccc(Cl)cc2)nc2c(nnn2-c2ccccc2)c1=O. The monoisotopic (exact) mass is 353 g/mol. The van der Waals surface area contributed by atoms with E-state index in [1.54, 1.807) is 24.3 Å². The first-order valence-electron chi connectivity index (χ1n) is 7.35. The molecule has 2 heterocycles. The van der Waals surface area contributed by atoms with Crippen LogP contribution in [0.3, 0.4) is 0 Å². The lowest BCUT2D eigenvalue weighted by molar-refractivity contribution is 0.817. The molecule has 25 heavy (non-hydrogen) atoms. The summed E-state index contributed by atoms with van der Waals surface area (Å²) in [6.07, 6.45) is 0. The maximum absolute atomic E-state index is 12.5. The number of rotatable bonds is 3. The highest BCUT2D eigenvalue weighted by molar-refractivity contribution is 6.30. The van der Waals surface area contributed by atoms with Gasteiger partial charge in [0.05, 0.1) is 5.69 Å². The van der Waals surface area contributed by atoms with E-state index in [0.717, 1.165) is 10.4 Å². The molecule has 0 saturated heterocycles. The number of hydrogen-bond acceptors (Lipinski definition) is 6. The second-order valence-corrected chi connectivity index (χ2v) is 5.69. The smallest absolute Gasteiger partial charge is 0.303 e. The Hall–Kier alpha value is -3.39. The predicted octanol–water partition coefficient (Wildman–Crippen LogP) is 2.09. The Bertz CT molecular complexity index is 1100. The van der Waals surface area contributed by atoms with Gasteiger partial charge < -0.3 is 11.2 Å². The van der Waals surface area contributed by atoms with Crippen molar-refractivity contribution in [1.29, 1.82) is 0 Å². The molecule has 0 amide bonds. The fourth-order valence-electron chi connectivity index (χ4n) is 2.37. The average Bonchev–Trinajstić information content (AvgIpc) is 3.06. The molecule has 9 heteroatoms. The Balaban J connectivity index is 1.86. The van der Waals surface area contributed by atoms with E-state index in [1.807, 2.05) is 30.3 Å². The molecular weight excluding hydrogens is 342 g/mol. The fourth-order valence-corrected chi connectivity index (χ4v) is 2.50. The summed E-state index contributed by atoms with van der Waals surface area (Å²) in [5.74, 6) is 6.02. The third kappa shape index (κ3) is 2.68. The van der Waals surface area contributed by atoms with Gasteiger partial charge in [-0.2, -0.15) is 14.3 Å². The average molecular weight is 354 g/mol. The molecule has 0 aliphatic heterocycles. The van der Waals surface area contributed by atoms with Crippen LogP contribution in [0.15, 0.2) is 59.4 Å². The van der Waals surface area contributed by atoms with Gasteiger partial charge in [0.15, 0.2) is 11.2 Å². The van der Waals surface area contributed by atoms with Crippen molar-refractivity contribution in [3.63, 3.8) is 0 Å². The van der Waals surface area contributed by atoms with Crippen molar-refractivity contribution in [2.45, 2.75) is 0 Å². The van der Waals surface area contributed by atoms with Crippen LogP contribution in [0.5, 0.6) is 0 Å². The van der Waals surface area contributed by atoms with Gasteiger partial charge in [-0.25, -0.2) is 0 Å². The van der Waals surface area contributed by atoms with E-state index in [2.05, 4.69) is 20.6 Å². The topological polar surface area (TPSA) is 104 Å². The number of nitrogens with two attached hydrogens (primary N) is 1. The van der Waals surface area contributed by atoms with E-state index in [9.17, 15) is 4.79 Å². The van der Waals surface area contributed by atoms with E-state index < -0.39 is 5.56 Å². The Kier molecular flexibility index (Phi) is 3.58. The molecule has 8 nitrogen and oxygen atoms in total. The lowest BCUT2D eigenvalue weighted by Gasteiger charge is -2.10. The molecule has 0 fully saturated rings. The van der Waals surface area contributed by atoms with Crippen molar-refractivity contribution in [3.8, 4) is 5.69 Å². The first-order valence-corrected chi connectivity index (χ1v) is 7.73. The molecule has 2 aromatic heterocycles. The molecule has 0 radical (unpaired) electrons. The van der Waals surface area contributed by atoms with Crippen molar-refractivity contribution in [2.75, 3.05) is 11.2 Å². The number of anilines is 2. The maximum atomic E-state index is 12.5. The minimum absolute atomic E-state index is 0.0907. The number of aromatic nitrogens is 5. The van der Waals surface area contributed by atoms with Gasteiger partial charge in [0.25, 0.3) is 0 Å². The Morgan fingerprint density at radius 1 is 1.04 bits per heavy atom. The van der Waals surface area contributed by atoms with Gasteiger partial charge in [-0.1, -0.05) is 35.0 Å². The summed E-state index contributed by atoms with van der Waals surface area (Å²) >= 11 is 5.88. The lowest BCUT2D eigenvalue weighted by Crippen LogP contribution is -2.30. The second kappa shape index (κ2) is 5.91. The van der Waals surface area contributed by atoms with Crippen LogP contribution in [-0.4, -0.2) is 24.7 Å². The molecule has 0 bridgehead atoms. The van der Waals surface area contributed by atoms with Crippen LogP contribution in [0, 0.1) is 0 Å². The van der Waals surface area contributed by atoms with Gasteiger partial charge >= 0.3 is 5.56 Å². The summed E-state index contributed by atoms with van der Waals surface area (Å²) in [6, 6.07) is 16.2. The number of nitrogens with zero attached hydrogens (tertiary/aromatic N) is 5. The normalized spacial score (nSPS) is 10.9. The highest BCUT2D eigenvalue weighted by atomic mass is 35.5. The number of fused-ring (bicyclic) bond motifs is 1. The van der Waals surface area contributed by atoms with Crippen molar-refractivity contribution in [3.05, 3.63) is 70.0 Å². The maximum Gasteiger partial charge on any atom is 0.303 e. The molecular formula is C16H12ClN7O. The van der Waals surface area contributed by atoms with Crippen LogP contribution in [0.1, 0.15) is 0 Å². The number of nitrogens with one attached hydrogen (secondary N) is 1. The van der Waals surface area contributed by atoms with Gasteiger partial charge in [0, 0.05) is 10.7 Å². The summed E-state index contributed by atoms with van der Waals surface area (Å²) in [7, 11) is 0. The second-order valence-electron chi connectivity index (χ2n) is 5.25. The Labute approximate surface area is 146 Å². The predicted molar refractivity (Wildman–Crippen MR) is 95.8 cm³/mol. The minimum Gasteiger partial charge on any atom is -0.333 e. The molecule has 0 spiro atoms. The minimum atomic E-state index is -0.497. The molecule has 0 aliphatic carbocycles. The van der Waals surface area contributed by atoms with Gasteiger partial charge in [0.1, 0.15) is 0 Å². The molecule has 0 saturated carbocycles. The number of nitrogen functional groups attached to an aromatic ring is 1. The van der Waals surface area contributed by atoms with Crippen molar-refractivity contribution < 1.29 is 0 Å². The largest absolute Gasteiger partial charge is 0.333 e. The summed E-state index contributed by atoms with van der Waals surface area (Å²) in [4.78, 5) is 16.9. The zero-order valence-corrected chi connectivity index (χ0v) is 13.6. The van der Waals surface area contributed by atoms with Crippen LogP contribution in [0.2, 0.25) is 5.02 Å². The first-order chi connectivity index (χ1) is 12.1. The highest BCUT2D eigenvalue weighted by Gasteiger charge is 2.16. The van der Waals surface area contributed by atoms with E-state index in [1.165, 1.54) is 4.68 Å². The lowest BCUT2D eigenvalue weighted by atomic mass is 10.3. The fraction of sp³-hybridized carbons (Fsp3) is 0. The van der Waals surface area contributed by atoms with E-state index in [4.69, 9.17) is 17.4 Å². The highest BCUT2D eigenvalue weighted by Crippen LogP contribution is 2.18. The van der Waals surface area contributed by atoms with Gasteiger partial charge in [0.2, 0.25) is 5.95 Å². The van der Waals surface area contributed by atoms with Crippen LogP contribution in [0.25, 0.3) is 16.9 Å². The number of hydrogen-bond donors (Lipinski definition) is 2. The molecule has 0 unspecified atom stereocenters. The number of benzene rings is 2. The first kappa shape index (κ1) is 15.2. The molecule has 4 aromatic rings. The van der Waals surface area contributed by atoms with Gasteiger partial charge in [-0.3, -0.25) is 4.79 Å². The summed E-state index contributed by atoms with van der Waals surface area (Å²) in [6.45, 7) is 0. The zero-order valence-electron chi connectivity index (χ0n) is 12.8. The molecule has 2 aromatic carbocycles. The van der Waals surface area contributed by atoms with Gasteiger partial charge in [-0.05, 0) is 36.4 Å².